The Morgan fingerprint density at radius 3 is 2.42 bits per heavy atom. The Morgan fingerprint density at radius 1 is 1.32 bits per heavy atom. The molecule has 7 heteroatoms. The van der Waals surface area contributed by atoms with Crippen molar-refractivity contribution in [3.63, 3.8) is 0 Å². The predicted molar refractivity (Wildman–Crippen MR) is 71.3 cm³/mol. The fourth-order valence-corrected chi connectivity index (χ4v) is 1.43. The molecule has 19 heavy (non-hydrogen) atoms. The molecule has 0 bridgehead atoms. The zero-order chi connectivity index (χ0) is 14.3. The van der Waals surface area contributed by atoms with E-state index in [1.54, 1.807) is 18.2 Å². The standard InChI is InChI=1S/C12H17F2N5/c13-11(14)10(9-5-2-1-3-6-9)18-19(12(16)17)8-4-7-15/h1-3,5-6,11H,4,7-8,15H2,(H3,16,17)/b18-10+. The number of nitrogens with zero attached hydrogens (tertiary/aromatic N) is 2. The Morgan fingerprint density at radius 2 is 1.95 bits per heavy atom. The number of rotatable bonds is 6. The van der Waals surface area contributed by atoms with E-state index in [9.17, 15) is 8.78 Å². The van der Waals surface area contributed by atoms with Crippen molar-refractivity contribution in [2.24, 2.45) is 16.6 Å². The van der Waals surface area contributed by atoms with Crippen LogP contribution in [0.4, 0.5) is 8.78 Å². The topological polar surface area (TPSA) is 91.5 Å². The van der Waals surface area contributed by atoms with Gasteiger partial charge in [0.2, 0.25) is 5.96 Å². The minimum absolute atomic E-state index is 0.231. The third-order valence-electron chi connectivity index (χ3n) is 2.36. The van der Waals surface area contributed by atoms with E-state index in [0.29, 0.717) is 18.5 Å². The second-order valence-corrected chi connectivity index (χ2v) is 3.80. The summed E-state index contributed by atoms with van der Waals surface area (Å²) < 4.78 is 26.1. The van der Waals surface area contributed by atoms with Gasteiger partial charge in [-0.3, -0.25) is 5.41 Å². The van der Waals surface area contributed by atoms with E-state index in [-0.39, 0.29) is 12.5 Å². The van der Waals surface area contributed by atoms with Crippen molar-refractivity contribution in [1.29, 1.82) is 5.41 Å². The monoisotopic (exact) mass is 269 g/mol. The maximum atomic E-state index is 13.0. The van der Waals surface area contributed by atoms with Crippen LogP contribution < -0.4 is 11.5 Å². The third-order valence-corrected chi connectivity index (χ3v) is 2.36. The number of hydrogen-bond donors (Lipinski definition) is 3. The van der Waals surface area contributed by atoms with Crippen LogP contribution in [0, 0.1) is 5.41 Å². The molecule has 104 valence electrons. The Balaban J connectivity index is 3.02. The molecule has 0 heterocycles. The highest BCUT2D eigenvalue weighted by Gasteiger charge is 2.18. The molecule has 0 aliphatic carbocycles. The first-order chi connectivity index (χ1) is 9.06. The SMILES string of the molecule is N=C(N)N(CCCN)/N=C(\c1ccccc1)C(F)F. The van der Waals surface area contributed by atoms with Crippen LogP contribution in [0.25, 0.3) is 0 Å². The van der Waals surface area contributed by atoms with Crippen LogP contribution in [-0.2, 0) is 0 Å². The molecule has 1 aromatic rings. The highest BCUT2D eigenvalue weighted by Crippen LogP contribution is 2.10. The van der Waals surface area contributed by atoms with Crippen molar-refractivity contribution < 1.29 is 8.78 Å². The summed E-state index contributed by atoms with van der Waals surface area (Å²) in [6, 6.07) is 8.08. The Bertz CT molecular complexity index is 433. The molecule has 1 aromatic carbocycles. The second kappa shape index (κ2) is 7.42. The van der Waals surface area contributed by atoms with Crippen molar-refractivity contribution in [1.82, 2.24) is 5.01 Å². The second-order valence-electron chi connectivity index (χ2n) is 3.80. The molecule has 0 aromatic heterocycles. The molecule has 0 saturated heterocycles. The van der Waals surface area contributed by atoms with Crippen molar-refractivity contribution in [3.05, 3.63) is 35.9 Å². The fourth-order valence-electron chi connectivity index (χ4n) is 1.43. The van der Waals surface area contributed by atoms with E-state index < -0.39 is 12.1 Å². The largest absolute Gasteiger partial charge is 0.369 e. The number of guanidine groups is 1. The van der Waals surface area contributed by atoms with E-state index in [1.807, 2.05) is 0 Å². The molecule has 0 atom stereocenters. The molecule has 0 spiro atoms. The van der Waals surface area contributed by atoms with Crippen molar-refractivity contribution in [2.45, 2.75) is 12.8 Å². The minimum Gasteiger partial charge on any atom is -0.369 e. The number of nitrogens with two attached hydrogens (primary N) is 2. The maximum Gasteiger partial charge on any atom is 0.282 e. The molecular weight excluding hydrogens is 252 g/mol. The average Bonchev–Trinajstić information content (AvgIpc) is 2.39. The van der Waals surface area contributed by atoms with Gasteiger partial charge in [0.15, 0.2) is 0 Å². The fraction of sp³-hybridized carbons (Fsp3) is 0.333. The van der Waals surface area contributed by atoms with E-state index in [0.717, 1.165) is 5.01 Å². The molecule has 0 unspecified atom stereocenters. The first-order valence-electron chi connectivity index (χ1n) is 5.80. The Kier molecular flexibility index (Phi) is 5.87. The summed E-state index contributed by atoms with van der Waals surface area (Å²) in [5.74, 6) is -0.387. The summed E-state index contributed by atoms with van der Waals surface area (Å²) >= 11 is 0. The molecular formula is C12H17F2N5. The number of benzene rings is 1. The van der Waals surface area contributed by atoms with Gasteiger partial charge in [-0.15, -0.1) is 0 Å². The third kappa shape index (κ3) is 4.63. The Labute approximate surface area is 110 Å². The number of nitrogens with one attached hydrogen (secondary N) is 1. The zero-order valence-corrected chi connectivity index (χ0v) is 10.4. The van der Waals surface area contributed by atoms with E-state index >= 15 is 0 Å². The first kappa shape index (κ1) is 15.0. The smallest absolute Gasteiger partial charge is 0.282 e. The zero-order valence-electron chi connectivity index (χ0n) is 10.4. The molecule has 5 nitrogen and oxygen atoms in total. The summed E-state index contributed by atoms with van der Waals surface area (Å²) in [5.41, 5.74) is 10.6. The van der Waals surface area contributed by atoms with Crippen molar-refractivity contribution in [3.8, 4) is 0 Å². The van der Waals surface area contributed by atoms with Crippen LogP contribution in [0.5, 0.6) is 0 Å². The predicted octanol–water partition coefficient (Wildman–Crippen LogP) is 1.20. The summed E-state index contributed by atoms with van der Waals surface area (Å²) in [4.78, 5) is 0. The molecule has 0 aliphatic heterocycles. The van der Waals surface area contributed by atoms with E-state index in [2.05, 4.69) is 5.10 Å². The molecule has 5 N–H and O–H groups in total. The number of alkyl halides is 2. The number of halogens is 2. The van der Waals surface area contributed by atoms with Gasteiger partial charge in [0.1, 0.15) is 5.71 Å². The van der Waals surface area contributed by atoms with Gasteiger partial charge in [0.05, 0.1) is 0 Å². The molecule has 1 rings (SSSR count). The van der Waals surface area contributed by atoms with Gasteiger partial charge < -0.3 is 11.5 Å². The lowest BCUT2D eigenvalue weighted by atomic mass is 10.1. The van der Waals surface area contributed by atoms with Crippen LogP contribution in [0.15, 0.2) is 35.4 Å². The summed E-state index contributed by atoms with van der Waals surface area (Å²) in [7, 11) is 0. The van der Waals surface area contributed by atoms with Crippen LogP contribution in [0.2, 0.25) is 0 Å². The van der Waals surface area contributed by atoms with Crippen LogP contribution >= 0.6 is 0 Å². The first-order valence-corrected chi connectivity index (χ1v) is 5.80. The molecule has 0 amide bonds. The molecule has 0 saturated carbocycles. The molecule has 0 fully saturated rings. The summed E-state index contributed by atoms with van der Waals surface area (Å²) in [6.45, 7) is 0.601. The highest BCUT2D eigenvalue weighted by molar-refractivity contribution is 6.03. The summed E-state index contributed by atoms with van der Waals surface area (Å²) in [5, 5.41) is 12.1. The summed E-state index contributed by atoms with van der Waals surface area (Å²) in [6.07, 6.45) is -2.24. The van der Waals surface area contributed by atoms with Gasteiger partial charge in [0, 0.05) is 12.1 Å². The molecule has 0 radical (unpaired) electrons. The lowest BCUT2D eigenvalue weighted by Gasteiger charge is -2.18. The number of hydrogen-bond acceptors (Lipinski definition) is 3. The quantitative estimate of drug-likeness (QED) is 0.411. The van der Waals surface area contributed by atoms with Gasteiger partial charge >= 0.3 is 0 Å². The van der Waals surface area contributed by atoms with Gasteiger partial charge in [-0.05, 0) is 13.0 Å². The maximum absolute atomic E-state index is 13.0. The van der Waals surface area contributed by atoms with Crippen LogP contribution in [-0.4, -0.2) is 36.2 Å². The molecule has 0 aliphatic rings. The van der Waals surface area contributed by atoms with Crippen LogP contribution in [0.1, 0.15) is 12.0 Å². The van der Waals surface area contributed by atoms with E-state index in [1.165, 1.54) is 12.1 Å². The normalized spacial score (nSPS) is 11.7. The van der Waals surface area contributed by atoms with Gasteiger partial charge in [-0.1, -0.05) is 30.3 Å². The van der Waals surface area contributed by atoms with Crippen molar-refractivity contribution >= 4 is 11.7 Å². The lowest BCUT2D eigenvalue weighted by molar-refractivity contribution is 0.223. The number of hydrazone groups is 1. The van der Waals surface area contributed by atoms with Gasteiger partial charge in [-0.2, -0.15) is 5.10 Å². The highest BCUT2D eigenvalue weighted by atomic mass is 19.3. The van der Waals surface area contributed by atoms with Gasteiger partial charge in [0.25, 0.3) is 6.43 Å². The van der Waals surface area contributed by atoms with E-state index in [4.69, 9.17) is 16.9 Å². The van der Waals surface area contributed by atoms with Crippen molar-refractivity contribution in [2.75, 3.05) is 13.1 Å². The van der Waals surface area contributed by atoms with Crippen LogP contribution in [0.3, 0.4) is 0 Å². The minimum atomic E-state index is -2.75. The Hall–Kier alpha value is -2.02. The van der Waals surface area contributed by atoms with Gasteiger partial charge in [-0.25, -0.2) is 13.8 Å². The lowest BCUT2D eigenvalue weighted by Crippen LogP contribution is -2.35. The average molecular weight is 269 g/mol.